The Hall–Kier alpha value is -2.87. The van der Waals surface area contributed by atoms with Crippen molar-refractivity contribution in [2.75, 3.05) is 19.6 Å². The number of likely N-dealkylation sites (tertiary alicyclic amines) is 1. The van der Waals surface area contributed by atoms with Crippen molar-refractivity contribution in [2.45, 2.75) is 97.2 Å². The van der Waals surface area contributed by atoms with E-state index in [9.17, 15) is 19.5 Å². The van der Waals surface area contributed by atoms with Crippen LogP contribution in [0.5, 0.6) is 5.75 Å². The Morgan fingerprint density at radius 3 is 2.74 bits per heavy atom. The number of carbonyl (C=O) groups is 2. The van der Waals surface area contributed by atoms with Gasteiger partial charge in [-0.25, -0.2) is 4.79 Å². The van der Waals surface area contributed by atoms with E-state index < -0.39 is 11.7 Å². The fraction of sp³-hybridized carbons (Fsp3) is 0.633. The molecule has 1 saturated carbocycles. The van der Waals surface area contributed by atoms with E-state index in [1.54, 1.807) is 19.9 Å². The molecule has 208 valence electrons. The molecule has 0 radical (unpaired) electrons. The lowest BCUT2D eigenvalue weighted by Crippen LogP contribution is -2.54. The Morgan fingerprint density at radius 2 is 1.95 bits per heavy atom. The van der Waals surface area contributed by atoms with Crippen LogP contribution in [0, 0.1) is 26.7 Å². The summed E-state index contributed by atoms with van der Waals surface area (Å²) in [5.41, 5.74) is 1.71. The molecule has 0 bridgehead atoms. The molecule has 2 aromatic rings. The lowest BCUT2D eigenvalue weighted by molar-refractivity contribution is -0.143. The maximum atomic E-state index is 12.7. The van der Waals surface area contributed by atoms with Gasteiger partial charge in [0.25, 0.3) is 5.91 Å². The van der Waals surface area contributed by atoms with Crippen molar-refractivity contribution in [1.82, 2.24) is 10.2 Å². The Morgan fingerprint density at radius 1 is 1.16 bits per heavy atom. The minimum Gasteiger partial charge on any atom is -0.480 e. The van der Waals surface area contributed by atoms with Crippen molar-refractivity contribution >= 4 is 22.8 Å². The molecular formula is C30H42N2O6. The molecule has 2 fully saturated rings. The van der Waals surface area contributed by atoms with Gasteiger partial charge in [-0.15, -0.1) is 0 Å². The first-order valence-electron chi connectivity index (χ1n) is 14.1. The van der Waals surface area contributed by atoms with Gasteiger partial charge in [0.05, 0.1) is 11.0 Å². The monoisotopic (exact) mass is 526 g/mol. The Balaban J connectivity index is 1.19. The standard InChI is InChI=1S/C30H42N2O6/c1-19-16-24(27-20(2)21(3)29(35)38-25(27)17-19)37-22(4)28(34)31-14-9-5-6-11-26(33)32-15-13-30(36)12-8-7-10-23(30)18-32/h16-17,22-23,36H,5-15,18H2,1-4H3,(H,31,34)/t22?,23-,30-/m0/s1. The van der Waals surface area contributed by atoms with Crippen molar-refractivity contribution in [1.29, 1.82) is 0 Å². The SMILES string of the molecule is Cc1cc(OC(C)C(=O)NCCCCCC(=O)N2CC[C@@]3(O)CCCC[C@H]3C2)c2c(C)c(C)c(=O)oc2c1. The number of rotatable bonds is 9. The molecule has 8 nitrogen and oxygen atoms in total. The fourth-order valence-corrected chi connectivity index (χ4v) is 5.91. The summed E-state index contributed by atoms with van der Waals surface area (Å²) in [7, 11) is 0. The summed E-state index contributed by atoms with van der Waals surface area (Å²) >= 11 is 0. The van der Waals surface area contributed by atoms with Crippen molar-refractivity contribution in [2.24, 2.45) is 5.92 Å². The molecule has 38 heavy (non-hydrogen) atoms. The first kappa shape index (κ1) is 28.1. The van der Waals surface area contributed by atoms with Crippen molar-refractivity contribution < 1.29 is 23.8 Å². The molecule has 1 aliphatic heterocycles. The van der Waals surface area contributed by atoms with Crippen LogP contribution in [0.25, 0.3) is 11.0 Å². The Labute approximate surface area is 224 Å². The number of piperidine rings is 1. The highest BCUT2D eigenvalue weighted by atomic mass is 16.5. The molecule has 2 heterocycles. The summed E-state index contributed by atoms with van der Waals surface area (Å²) < 4.78 is 11.5. The summed E-state index contributed by atoms with van der Waals surface area (Å²) in [6.07, 6.45) is 7.01. The first-order chi connectivity index (χ1) is 18.1. The van der Waals surface area contributed by atoms with Gasteiger partial charge in [-0.3, -0.25) is 9.59 Å². The number of nitrogens with zero attached hydrogens (tertiary/aromatic N) is 1. The molecule has 2 aliphatic rings. The number of hydrogen-bond acceptors (Lipinski definition) is 6. The summed E-state index contributed by atoms with van der Waals surface area (Å²) in [5, 5.41) is 14.5. The van der Waals surface area contributed by atoms with Crippen LogP contribution in [0.2, 0.25) is 0 Å². The fourth-order valence-electron chi connectivity index (χ4n) is 5.91. The largest absolute Gasteiger partial charge is 0.480 e. The lowest BCUT2D eigenvalue weighted by Gasteiger charge is -2.47. The highest BCUT2D eigenvalue weighted by Gasteiger charge is 2.43. The average molecular weight is 527 g/mol. The summed E-state index contributed by atoms with van der Waals surface area (Å²) in [6.45, 7) is 9.02. The second-order valence-corrected chi connectivity index (χ2v) is 11.3. The van der Waals surface area contributed by atoms with Crippen LogP contribution >= 0.6 is 0 Å². The minimum absolute atomic E-state index is 0.176. The van der Waals surface area contributed by atoms with Crippen LogP contribution in [0.1, 0.15) is 81.4 Å². The van der Waals surface area contributed by atoms with E-state index in [0.29, 0.717) is 54.8 Å². The molecule has 2 N–H and O–H groups in total. The van der Waals surface area contributed by atoms with Gasteiger partial charge in [-0.05, 0) is 83.1 Å². The van der Waals surface area contributed by atoms with Crippen molar-refractivity contribution in [3.05, 3.63) is 39.2 Å². The van der Waals surface area contributed by atoms with Crippen LogP contribution < -0.4 is 15.7 Å². The van der Waals surface area contributed by atoms with Crippen molar-refractivity contribution in [3.63, 3.8) is 0 Å². The van der Waals surface area contributed by atoms with E-state index in [1.165, 1.54) is 0 Å². The number of amides is 2. The third kappa shape index (κ3) is 6.22. The smallest absolute Gasteiger partial charge is 0.339 e. The highest BCUT2D eigenvalue weighted by molar-refractivity contribution is 5.89. The molecule has 1 saturated heterocycles. The molecule has 0 spiro atoms. The second kappa shape index (κ2) is 11.9. The van der Waals surface area contributed by atoms with E-state index in [2.05, 4.69) is 5.32 Å². The van der Waals surface area contributed by atoms with Crippen LogP contribution in [-0.2, 0) is 9.59 Å². The summed E-state index contributed by atoms with van der Waals surface area (Å²) in [4.78, 5) is 39.4. The topological polar surface area (TPSA) is 109 Å². The zero-order valence-electron chi connectivity index (χ0n) is 23.2. The molecule has 4 rings (SSSR count). The van der Waals surface area contributed by atoms with Crippen LogP contribution in [0.4, 0.5) is 0 Å². The van der Waals surface area contributed by atoms with Gasteiger partial charge in [-0.2, -0.15) is 0 Å². The third-order valence-corrected chi connectivity index (χ3v) is 8.48. The normalized spacial score (nSPS) is 22.1. The predicted octanol–water partition coefficient (Wildman–Crippen LogP) is 4.32. The van der Waals surface area contributed by atoms with E-state index in [0.717, 1.165) is 56.1 Å². The third-order valence-electron chi connectivity index (χ3n) is 8.48. The number of aryl methyl sites for hydroxylation is 2. The summed E-state index contributed by atoms with van der Waals surface area (Å²) in [6, 6.07) is 3.65. The number of fused-ring (bicyclic) bond motifs is 2. The summed E-state index contributed by atoms with van der Waals surface area (Å²) in [5.74, 6) is 0.707. The Kier molecular flexibility index (Phi) is 8.81. The van der Waals surface area contributed by atoms with Gasteiger partial charge >= 0.3 is 5.63 Å². The molecule has 1 aromatic heterocycles. The molecule has 3 atom stereocenters. The first-order valence-corrected chi connectivity index (χ1v) is 14.1. The highest BCUT2D eigenvalue weighted by Crippen LogP contribution is 2.40. The quantitative estimate of drug-likeness (QED) is 0.372. The van der Waals surface area contributed by atoms with E-state index in [1.807, 2.05) is 24.8 Å². The number of nitrogens with one attached hydrogen (secondary N) is 1. The molecule has 2 amide bonds. The zero-order chi connectivity index (χ0) is 27.4. The molecule has 8 heteroatoms. The van der Waals surface area contributed by atoms with Crippen LogP contribution in [0.3, 0.4) is 0 Å². The number of carbonyl (C=O) groups excluding carboxylic acids is 2. The van der Waals surface area contributed by atoms with E-state index in [-0.39, 0.29) is 23.4 Å². The average Bonchev–Trinajstić information content (AvgIpc) is 2.88. The van der Waals surface area contributed by atoms with Gasteiger partial charge in [0.1, 0.15) is 11.3 Å². The maximum Gasteiger partial charge on any atom is 0.339 e. The number of unbranched alkanes of at least 4 members (excludes halogenated alkanes) is 2. The maximum absolute atomic E-state index is 12.7. The van der Waals surface area contributed by atoms with E-state index >= 15 is 0 Å². The molecular weight excluding hydrogens is 484 g/mol. The minimum atomic E-state index is -0.717. The lowest BCUT2D eigenvalue weighted by atomic mass is 9.71. The van der Waals surface area contributed by atoms with Gasteiger partial charge in [-0.1, -0.05) is 19.3 Å². The number of benzene rings is 1. The van der Waals surface area contributed by atoms with Crippen molar-refractivity contribution in [3.8, 4) is 5.75 Å². The van der Waals surface area contributed by atoms with Gasteiger partial charge in [0.15, 0.2) is 6.10 Å². The number of ether oxygens (including phenoxy) is 1. The molecule has 1 unspecified atom stereocenters. The number of aliphatic hydroxyl groups is 1. The number of hydrogen-bond donors (Lipinski definition) is 2. The molecule has 1 aromatic carbocycles. The predicted molar refractivity (Wildman–Crippen MR) is 146 cm³/mol. The van der Waals surface area contributed by atoms with Gasteiger partial charge in [0, 0.05) is 37.5 Å². The van der Waals surface area contributed by atoms with E-state index in [4.69, 9.17) is 9.15 Å². The van der Waals surface area contributed by atoms with Crippen LogP contribution in [-0.4, -0.2) is 53.2 Å². The van der Waals surface area contributed by atoms with Gasteiger partial charge in [0.2, 0.25) is 5.91 Å². The second-order valence-electron chi connectivity index (χ2n) is 11.3. The van der Waals surface area contributed by atoms with Gasteiger partial charge < -0.3 is 24.5 Å². The zero-order valence-corrected chi connectivity index (χ0v) is 23.2. The van der Waals surface area contributed by atoms with Crippen LogP contribution in [0.15, 0.2) is 21.3 Å². The Bertz CT molecular complexity index is 1240. The molecule has 1 aliphatic carbocycles.